The van der Waals surface area contributed by atoms with Crippen molar-refractivity contribution in [3.05, 3.63) is 42.2 Å². The van der Waals surface area contributed by atoms with Crippen molar-refractivity contribution in [2.45, 2.75) is 53.0 Å². The Hall–Kier alpha value is -1.91. The first kappa shape index (κ1) is 16.0. The third-order valence-electron chi connectivity index (χ3n) is 4.04. The van der Waals surface area contributed by atoms with Crippen molar-refractivity contribution in [2.24, 2.45) is 0 Å². The molecule has 3 aromatic rings. The van der Waals surface area contributed by atoms with Crippen LogP contribution in [-0.2, 0) is 0 Å². The molecule has 0 bridgehead atoms. The highest BCUT2D eigenvalue weighted by molar-refractivity contribution is 6.08. The zero-order valence-corrected chi connectivity index (χ0v) is 14.6. The minimum Gasteiger partial charge on any atom is -0.310 e. The molecule has 0 aliphatic rings. The SMILES string of the molecule is Cc1nccc2c3ccccc3n(C(NC(C)C)NC(C)C)c12. The molecular weight excluding hydrogens is 284 g/mol. The molecule has 0 aliphatic heterocycles. The van der Waals surface area contributed by atoms with E-state index in [1.165, 1.54) is 21.8 Å². The largest absolute Gasteiger partial charge is 0.310 e. The van der Waals surface area contributed by atoms with Crippen LogP contribution in [-0.4, -0.2) is 21.6 Å². The first-order valence-corrected chi connectivity index (χ1v) is 8.35. The monoisotopic (exact) mass is 310 g/mol. The molecule has 0 saturated heterocycles. The number of hydrogen-bond donors (Lipinski definition) is 2. The summed E-state index contributed by atoms with van der Waals surface area (Å²) in [5.41, 5.74) is 3.48. The highest BCUT2D eigenvalue weighted by Crippen LogP contribution is 2.32. The van der Waals surface area contributed by atoms with Crippen molar-refractivity contribution >= 4 is 21.8 Å². The summed E-state index contributed by atoms with van der Waals surface area (Å²) in [5.74, 6) is 0. The van der Waals surface area contributed by atoms with Crippen molar-refractivity contribution in [3.8, 4) is 0 Å². The standard InChI is InChI=1S/C19H26N4/c1-12(2)21-19(22-13(3)4)23-17-9-7-6-8-15(17)16-10-11-20-14(5)18(16)23/h6-13,19,21-22H,1-5H3. The molecule has 2 aromatic heterocycles. The van der Waals surface area contributed by atoms with Crippen LogP contribution >= 0.6 is 0 Å². The van der Waals surface area contributed by atoms with E-state index in [4.69, 9.17) is 0 Å². The lowest BCUT2D eigenvalue weighted by Gasteiger charge is -2.28. The Morgan fingerprint density at radius 3 is 2.22 bits per heavy atom. The van der Waals surface area contributed by atoms with Gasteiger partial charge in [-0.25, -0.2) is 0 Å². The highest BCUT2D eigenvalue weighted by atomic mass is 15.3. The number of rotatable bonds is 5. The fourth-order valence-electron chi connectivity index (χ4n) is 3.21. The summed E-state index contributed by atoms with van der Waals surface area (Å²) >= 11 is 0. The van der Waals surface area contributed by atoms with Gasteiger partial charge in [-0.15, -0.1) is 0 Å². The number of aromatic nitrogens is 2. The van der Waals surface area contributed by atoms with Gasteiger partial charge in [-0.05, 0) is 46.8 Å². The van der Waals surface area contributed by atoms with Crippen molar-refractivity contribution in [2.75, 3.05) is 0 Å². The topological polar surface area (TPSA) is 41.9 Å². The fraction of sp³-hybridized carbons (Fsp3) is 0.421. The maximum Gasteiger partial charge on any atom is 0.139 e. The summed E-state index contributed by atoms with van der Waals surface area (Å²) in [6.45, 7) is 10.8. The van der Waals surface area contributed by atoms with E-state index >= 15 is 0 Å². The second kappa shape index (κ2) is 6.30. The lowest BCUT2D eigenvalue weighted by atomic mass is 10.2. The molecule has 0 radical (unpaired) electrons. The van der Waals surface area contributed by atoms with Crippen LogP contribution in [0.2, 0.25) is 0 Å². The Bertz CT molecular complexity index is 807. The minimum absolute atomic E-state index is 0.0281. The molecule has 0 fully saturated rings. The Labute approximate surface area is 137 Å². The Balaban J connectivity index is 2.31. The van der Waals surface area contributed by atoms with Gasteiger partial charge in [-0.1, -0.05) is 18.2 Å². The van der Waals surface area contributed by atoms with E-state index in [0.29, 0.717) is 12.1 Å². The number of para-hydroxylation sites is 1. The molecular formula is C19H26N4. The summed E-state index contributed by atoms with van der Waals surface area (Å²) in [7, 11) is 0. The van der Waals surface area contributed by atoms with Gasteiger partial charge in [0.25, 0.3) is 0 Å². The van der Waals surface area contributed by atoms with E-state index in [2.05, 4.69) is 85.1 Å². The van der Waals surface area contributed by atoms with E-state index in [-0.39, 0.29) is 6.29 Å². The second-order valence-corrected chi connectivity index (χ2v) is 6.72. The molecule has 122 valence electrons. The Morgan fingerprint density at radius 2 is 1.57 bits per heavy atom. The second-order valence-electron chi connectivity index (χ2n) is 6.72. The molecule has 0 spiro atoms. The zero-order chi connectivity index (χ0) is 16.6. The molecule has 4 heteroatoms. The average Bonchev–Trinajstić information content (AvgIpc) is 2.82. The van der Waals surface area contributed by atoms with Crippen LogP contribution in [0.3, 0.4) is 0 Å². The maximum atomic E-state index is 4.53. The van der Waals surface area contributed by atoms with Crippen LogP contribution < -0.4 is 10.6 Å². The van der Waals surface area contributed by atoms with E-state index < -0.39 is 0 Å². The molecule has 2 heterocycles. The van der Waals surface area contributed by atoms with E-state index in [0.717, 1.165) is 5.69 Å². The predicted molar refractivity (Wildman–Crippen MR) is 97.6 cm³/mol. The zero-order valence-electron chi connectivity index (χ0n) is 14.6. The third-order valence-corrected chi connectivity index (χ3v) is 4.04. The average molecular weight is 310 g/mol. The van der Waals surface area contributed by atoms with E-state index in [1.807, 2.05) is 6.20 Å². The summed E-state index contributed by atoms with van der Waals surface area (Å²) in [6.07, 6.45) is 1.93. The van der Waals surface area contributed by atoms with Crippen LogP contribution in [0.4, 0.5) is 0 Å². The van der Waals surface area contributed by atoms with Crippen molar-refractivity contribution in [1.82, 2.24) is 20.2 Å². The van der Waals surface area contributed by atoms with Gasteiger partial charge in [0.1, 0.15) is 6.29 Å². The number of fused-ring (bicyclic) bond motifs is 3. The normalized spacial score (nSPS) is 12.3. The number of nitrogens with one attached hydrogen (secondary N) is 2. The van der Waals surface area contributed by atoms with Gasteiger partial charge in [-0.2, -0.15) is 0 Å². The fourth-order valence-corrected chi connectivity index (χ4v) is 3.21. The molecule has 0 aliphatic carbocycles. The highest BCUT2D eigenvalue weighted by Gasteiger charge is 2.20. The molecule has 0 unspecified atom stereocenters. The van der Waals surface area contributed by atoms with Gasteiger partial charge in [0, 0.05) is 29.1 Å². The molecule has 0 atom stereocenters. The molecule has 4 nitrogen and oxygen atoms in total. The first-order valence-electron chi connectivity index (χ1n) is 8.35. The van der Waals surface area contributed by atoms with Crippen LogP contribution in [0.5, 0.6) is 0 Å². The number of aryl methyl sites for hydroxylation is 1. The van der Waals surface area contributed by atoms with Crippen LogP contribution in [0, 0.1) is 6.92 Å². The van der Waals surface area contributed by atoms with Gasteiger partial charge in [0.05, 0.1) is 16.7 Å². The van der Waals surface area contributed by atoms with Crippen LogP contribution in [0.1, 0.15) is 39.7 Å². The smallest absolute Gasteiger partial charge is 0.139 e. The van der Waals surface area contributed by atoms with Gasteiger partial charge >= 0.3 is 0 Å². The lowest BCUT2D eigenvalue weighted by molar-refractivity contribution is 0.298. The summed E-state index contributed by atoms with van der Waals surface area (Å²) in [4.78, 5) is 4.53. The first-order chi connectivity index (χ1) is 11.0. The third kappa shape index (κ3) is 2.96. The maximum absolute atomic E-state index is 4.53. The van der Waals surface area contributed by atoms with E-state index in [1.54, 1.807) is 0 Å². The molecule has 1 aromatic carbocycles. The Morgan fingerprint density at radius 1 is 0.913 bits per heavy atom. The lowest BCUT2D eigenvalue weighted by Crippen LogP contribution is -2.44. The molecule has 23 heavy (non-hydrogen) atoms. The van der Waals surface area contributed by atoms with Crippen molar-refractivity contribution in [1.29, 1.82) is 0 Å². The van der Waals surface area contributed by atoms with Crippen molar-refractivity contribution < 1.29 is 0 Å². The number of pyridine rings is 1. The Kier molecular flexibility index (Phi) is 4.37. The molecule has 0 amide bonds. The van der Waals surface area contributed by atoms with Gasteiger partial charge in [0.15, 0.2) is 0 Å². The predicted octanol–water partition coefficient (Wildman–Crippen LogP) is 3.95. The molecule has 0 saturated carbocycles. The number of hydrogen-bond acceptors (Lipinski definition) is 3. The van der Waals surface area contributed by atoms with Gasteiger partial charge in [-0.3, -0.25) is 15.6 Å². The number of benzene rings is 1. The van der Waals surface area contributed by atoms with Gasteiger partial charge < -0.3 is 4.57 Å². The molecule has 3 rings (SSSR count). The van der Waals surface area contributed by atoms with Crippen LogP contribution in [0.25, 0.3) is 21.8 Å². The quantitative estimate of drug-likeness (QED) is 0.701. The molecule has 2 N–H and O–H groups in total. The van der Waals surface area contributed by atoms with Gasteiger partial charge in [0.2, 0.25) is 0 Å². The minimum atomic E-state index is 0.0281. The van der Waals surface area contributed by atoms with E-state index in [9.17, 15) is 0 Å². The summed E-state index contributed by atoms with van der Waals surface area (Å²) in [5, 5.41) is 9.83. The van der Waals surface area contributed by atoms with Crippen LogP contribution in [0.15, 0.2) is 36.5 Å². The summed E-state index contributed by atoms with van der Waals surface area (Å²) < 4.78 is 2.35. The summed E-state index contributed by atoms with van der Waals surface area (Å²) in [6, 6.07) is 11.4. The number of nitrogens with zero attached hydrogens (tertiary/aromatic N) is 2. The van der Waals surface area contributed by atoms with Crippen molar-refractivity contribution in [3.63, 3.8) is 0 Å².